The molecule has 1 aliphatic rings. The van der Waals surface area contributed by atoms with Crippen LogP contribution in [-0.2, 0) is 9.47 Å². The van der Waals surface area contributed by atoms with E-state index in [0.29, 0.717) is 18.1 Å². The smallest absolute Gasteiger partial charge is 0.185 e. The molecule has 0 amide bonds. The highest BCUT2D eigenvalue weighted by Gasteiger charge is 2.23. The molecule has 0 aromatic heterocycles. The fourth-order valence-electron chi connectivity index (χ4n) is 1.45. The molecule has 0 unspecified atom stereocenters. The van der Waals surface area contributed by atoms with Crippen LogP contribution in [0, 0.1) is 5.82 Å². The van der Waals surface area contributed by atoms with Crippen molar-refractivity contribution in [2.24, 2.45) is 0 Å². The summed E-state index contributed by atoms with van der Waals surface area (Å²) in [5.74, 6) is -0.226. The van der Waals surface area contributed by atoms with Crippen molar-refractivity contribution >= 4 is 27.7 Å². The third kappa shape index (κ3) is 2.20. The molecule has 0 spiro atoms. The number of hydrogen-bond acceptors (Lipinski definition) is 3. The van der Waals surface area contributed by atoms with Gasteiger partial charge in [-0.2, -0.15) is 0 Å². The maximum atomic E-state index is 13.4. The van der Waals surface area contributed by atoms with Crippen LogP contribution in [0.3, 0.4) is 0 Å². The molecule has 1 aromatic carbocycles. The Morgan fingerprint density at radius 1 is 1.40 bits per heavy atom. The Hall–Kier alpha value is -0.100. The van der Waals surface area contributed by atoms with Crippen molar-refractivity contribution in [3.63, 3.8) is 0 Å². The maximum absolute atomic E-state index is 13.4. The van der Waals surface area contributed by atoms with Gasteiger partial charge < -0.3 is 9.47 Å². The number of halogens is 2. The molecule has 0 atom stereocenters. The van der Waals surface area contributed by atoms with Crippen LogP contribution in [-0.4, -0.2) is 19.5 Å². The molecule has 0 bridgehead atoms. The Kier molecular flexibility index (Phi) is 3.66. The summed E-state index contributed by atoms with van der Waals surface area (Å²) in [5, 5.41) is 0. The molecule has 1 saturated heterocycles. The van der Waals surface area contributed by atoms with Crippen molar-refractivity contribution < 1.29 is 13.9 Å². The van der Waals surface area contributed by atoms with Crippen LogP contribution in [0.2, 0.25) is 0 Å². The highest BCUT2D eigenvalue weighted by molar-refractivity contribution is 9.10. The lowest BCUT2D eigenvalue weighted by atomic mass is 10.2. The number of benzene rings is 1. The van der Waals surface area contributed by atoms with Crippen LogP contribution in [0.1, 0.15) is 11.9 Å². The van der Waals surface area contributed by atoms with Crippen molar-refractivity contribution in [3.05, 3.63) is 28.0 Å². The number of thioether (sulfide) groups is 1. The van der Waals surface area contributed by atoms with E-state index in [1.807, 2.05) is 6.26 Å². The van der Waals surface area contributed by atoms with Gasteiger partial charge in [-0.15, -0.1) is 11.8 Å². The molecule has 0 aliphatic carbocycles. The first kappa shape index (κ1) is 11.4. The van der Waals surface area contributed by atoms with Crippen LogP contribution in [0.25, 0.3) is 0 Å². The molecule has 2 rings (SSSR count). The Morgan fingerprint density at radius 2 is 2.07 bits per heavy atom. The lowest BCUT2D eigenvalue weighted by molar-refractivity contribution is -0.0448. The van der Waals surface area contributed by atoms with E-state index in [0.717, 1.165) is 10.0 Å². The predicted molar refractivity (Wildman–Crippen MR) is 60.5 cm³/mol. The van der Waals surface area contributed by atoms with Crippen molar-refractivity contribution in [1.29, 1.82) is 0 Å². The highest BCUT2D eigenvalue weighted by Crippen LogP contribution is 2.37. The molecule has 1 aliphatic heterocycles. The Labute approximate surface area is 100 Å². The van der Waals surface area contributed by atoms with E-state index in [1.54, 1.807) is 6.07 Å². The monoisotopic (exact) mass is 292 g/mol. The van der Waals surface area contributed by atoms with Gasteiger partial charge in [0.15, 0.2) is 6.29 Å². The van der Waals surface area contributed by atoms with E-state index in [-0.39, 0.29) is 12.1 Å². The van der Waals surface area contributed by atoms with Gasteiger partial charge in [0.2, 0.25) is 0 Å². The first-order valence-corrected chi connectivity index (χ1v) is 6.51. The van der Waals surface area contributed by atoms with Gasteiger partial charge >= 0.3 is 0 Å². The molecule has 82 valence electrons. The Morgan fingerprint density at radius 3 is 2.67 bits per heavy atom. The quantitative estimate of drug-likeness (QED) is 0.779. The van der Waals surface area contributed by atoms with E-state index >= 15 is 0 Å². The average Bonchev–Trinajstić information content (AvgIpc) is 2.71. The van der Waals surface area contributed by atoms with E-state index in [2.05, 4.69) is 15.9 Å². The van der Waals surface area contributed by atoms with Crippen LogP contribution < -0.4 is 0 Å². The molecule has 1 fully saturated rings. The number of hydrogen-bond donors (Lipinski definition) is 0. The molecular weight excluding hydrogens is 283 g/mol. The fourth-order valence-corrected chi connectivity index (χ4v) is 3.01. The van der Waals surface area contributed by atoms with Gasteiger partial charge in [-0.3, -0.25) is 0 Å². The molecule has 0 saturated carbocycles. The molecule has 1 heterocycles. The number of ether oxygens (including phenoxy) is 2. The summed E-state index contributed by atoms with van der Waals surface area (Å²) >= 11 is 4.74. The third-order valence-electron chi connectivity index (χ3n) is 2.16. The van der Waals surface area contributed by atoms with Gasteiger partial charge in [-0.1, -0.05) is 0 Å². The van der Waals surface area contributed by atoms with Crippen LogP contribution >= 0.6 is 27.7 Å². The topological polar surface area (TPSA) is 18.5 Å². The van der Waals surface area contributed by atoms with Crippen LogP contribution in [0.5, 0.6) is 0 Å². The first-order valence-electron chi connectivity index (χ1n) is 4.49. The summed E-state index contributed by atoms with van der Waals surface area (Å²) in [6.07, 6.45) is 1.47. The molecular formula is C10H10BrFO2S. The maximum Gasteiger partial charge on any atom is 0.185 e. The SMILES string of the molecule is CSc1c(F)ccc(C2OCCO2)c1Br. The zero-order valence-electron chi connectivity index (χ0n) is 8.13. The first-order chi connectivity index (χ1) is 7.24. The molecule has 5 heteroatoms. The minimum Gasteiger partial charge on any atom is -0.346 e. The standard InChI is InChI=1S/C10H10BrFO2S/c1-15-9-7(12)3-2-6(8(9)11)10-13-4-5-14-10/h2-3,10H,4-5H2,1H3. The molecule has 2 nitrogen and oxygen atoms in total. The summed E-state index contributed by atoms with van der Waals surface area (Å²) in [4.78, 5) is 0.589. The van der Waals surface area contributed by atoms with Crippen molar-refractivity contribution in [2.75, 3.05) is 19.5 Å². The summed E-state index contributed by atoms with van der Waals surface area (Å²) in [6.45, 7) is 1.17. The van der Waals surface area contributed by atoms with E-state index in [1.165, 1.54) is 17.8 Å². The molecule has 15 heavy (non-hydrogen) atoms. The average molecular weight is 293 g/mol. The normalized spacial score (nSPS) is 17.3. The lowest BCUT2D eigenvalue weighted by Gasteiger charge is -2.13. The molecule has 0 N–H and O–H groups in total. The van der Waals surface area contributed by atoms with Crippen molar-refractivity contribution in [3.8, 4) is 0 Å². The summed E-state index contributed by atoms with van der Waals surface area (Å²) < 4.78 is 24.9. The Balaban J connectivity index is 2.39. The molecule has 1 aromatic rings. The third-order valence-corrected chi connectivity index (χ3v) is 4.08. The second-order valence-corrected chi connectivity index (χ2v) is 4.67. The summed E-state index contributed by atoms with van der Waals surface area (Å²) in [7, 11) is 0. The predicted octanol–water partition coefficient (Wildman–Crippen LogP) is 3.36. The minimum atomic E-state index is -0.370. The highest BCUT2D eigenvalue weighted by atomic mass is 79.9. The van der Waals surface area contributed by atoms with E-state index in [4.69, 9.17) is 9.47 Å². The van der Waals surface area contributed by atoms with Crippen molar-refractivity contribution in [1.82, 2.24) is 0 Å². The Bertz CT molecular complexity index is 367. The zero-order valence-corrected chi connectivity index (χ0v) is 10.5. The van der Waals surface area contributed by atoms with Crippen LogP contribution in [0.4, 0.5) is 4.39 Å². The molecule has 0 radical (unpaired) electrons. The summed E-state index contributed by atoms with van der Waals surface area (Å²) in [5.41, 5.74) is 0.846. The van der Waals surface area contributed by atoms with E-state index < -0.39 is 0 Å². The van der Waals surface area contributed by atoms with Gasteiger partial charge in [0.1, 0.15) is 5.82 Å². The second kappa shape index (κ2) is 4.82. The lowest BCUT2D eigenvalue weighted by Crippen LogP contribution is -2.00. The largest absolute Gasteiger partial charge is 0.346 e. The minimum absolute atomic E-state index is 0.226. The van der Waals surface area contributed by atoms with Gasteiger partial charge in [0.05, 0.1) is 18.1 Å². The fraction of sp³-hybridized carbons (Fsp3) is 0.400. The van der Waals surface area contributed by atoms with Gasteiger partial charge in [-0.25, -0.2) is 4.39 Å². The van der Waals surface area contributed by atoms with Crippen molar-refractivity contribution in [2.45, 2.75) is 11.2 Å². The summed E-state index contributed by atoms with van der Waals surface area (Å²) in [6, 6.07) is 3.13. The van der Waals surface area contributed by atoms with E-state index in [9.17, 15) is 4.39 Å². The van der Waals surface area contributed by atoms with Gasteiger partial charge in [-0.05, 0) is 34.3 Å². The van der Waals surface area contributed by atoms with Gasteiger partial charge in [0.25, 0.3) is 0 Å². The zero-order chi connectivity index (χ0) is 10.8. The van der Waals surface area contributed by atoms with Gasteiger partial charge in [0, 0.05) is 10.0 Å². The van der Waals surface area contributed by atoms with Crippen LogP contribution in [0.15, 0.2) is 21.5 Å². The number of rotatable bonds is 2. The second-order valence-electron chi connectivity index (χ2n) is 3.06.